The highest BCUT2D eigenvalue weighted by Gasteiger charge is 2.33. The van der Waals surface area contributed by atoms with Gasteiger partial charge in [-0.2, -0.15) is 9.61 Å². The summed E-state index contributed by atoms with van der Waals surface area (Å²) >= 11 is 6.25. The van der Waals surface area contributed by atoms with Gasteiger partial charge in [-0.05, 0) is 50.9 Å². The Labute approximate surface area is 239 Å². The SMILES string of the molecule is CN1CCN(c2cc(N3CCC3)nc3cc([C@@H]4CCCCN4C(=O)c4cc(Cl)ccc4NS(C)(=O)=O)nn23)CC1. The Kier molecular flexibility index (Phi) is 7.26. The van der Waals surface area contributed by atoms with Crippen molar-refractivity contribution in [2.24, 2.45) is 0 Å². The van der Waals surface area contributed by atoms with Crippen LogP contribution in [0.1, 0.15) is 47.8 Å². The molecule has 0 radical (unpaired) electrons. The molecule has 2 aromatic heterocycles. The average Bonchev–Trinajstić information content (AvgIpc) is 3.32. The number of piperazine rings is 1. The van der Waals surface area contributed by atoms with E-state index >= 15 is 0 Å². The standard InChI is InChI=1S/C27H35ClN8O3S/c1-32-12-14-34(15-13-32)26-18-24(33-9-5-10-33)29-25-17-22(30-36(25)26)23-6-3-4-11-35(23)27(37)20-16-19(28)7-8-21(20)31-40(2,38)39/h7-8,16-18,23,31H,3-6,9-15H2,1-2H3/t23-/m0/s1. The number of nitrogens with one attached hydrogen (secondary N) is 1. The molecule has 13 heteroatoms. The number of nitrogens with zero attached hydrogens (tertiary/aromatic N) is 7. The Morgan fingerprint density at radius 1 is 0.975 bits per heavy atom. The van der Waals surface area contributed by atoms with Crippen LogP contribution in [-0.2, 0) is 10.0 Å². The van der Waals surface area contributed by atoms with Gasteiger partial charge in [-0.1, -0.05) is 11.6 Å². The van der Waals surface area contributed by atoms with Gasteiger partial charge in [0.15, 0.2) is 5.65 Å². The highest BCUT2D eigenvalue weighted by atomic mass is 35.5. The van der Waals surface area contributed by atoms with Gasteiger partial charge in [0.25, 0.3) is 5.91 Å². The second kappa shape index (κ2) is 10.7. The molecule has 0 spiro atoms. The van der Waals surface area contributed by atoms with E-state index in [1.807, 2.05) is 10.6 Å². The fourth-order valence-electron chi connectivity index (χ4n) is 5.71. The molecule has 1 aromatic carbocycles. The van der Waals surface area contributed by atoms with Crippen molar-refractivity contribution in [1.29, 1.82) is 0 Å². The van der Waals surface area contributed by atoms with Gasteiger partial charge in [0, 0.05) is 63.0 Å². The smallest absolute Gasteiger partial charge is 0.256 e. The third kappa shape index (κ3) is 5.44. The normalized spacial score (nSPS) is 20.6. The minimum Gasteiger partial charge on any atom is -0.356 e. The maximum absolute atomic E-state index is 14.0. The number of aromatic nitrogens is 3. The summed E-state index contributed by atoms with van der Waals surface area (Å²) in [4.78, 5) is 27.7. The molecule has 3 fully saturated rings. The molecule has 1 N–H and O–H groups in total. The first-order valence-electron chi connectivity index (χ1n) is 13.8. The zero-order chi connectivity index (χ0) is 28.0. The number of carbonyl (C=O) groups excluding carboxylic acids is 1. The monoisotopic (exact) mass is 586 g/mol. The molecule has 5 heterocycles. The number of likely N-dealkylation sites (N-methyl/N-ethyl adjacent to an activating group) is 1. The fourth-order valence-corrected chi connectivity index (χ4v) is 6.46. The lowest BCUT2D eigenvalue weighted by atomic mass is 9.98. The molecule has 214 valence electrons. The second-order valence-electron chi connectivity index (χ2n) is 11.0. The number of piperidine rings is 1. The van der Waals surface area contributed by atoms with Crippen LogP contribution in [0.3, 0.4) is 0 Å². The van der Waals surface area contributed by atoms with Crippen LogP contribution in [0.25, 0.3) is 5.65 Å². The van der Waals surface area contributed by atoms with Gasteiger partial charge in [0.1, 0.15) is 11.6 Å². The van der Waals surface area contributed by atoms with Crippen molar-refractivity contribution in [1.82, 2.24) is 24.4 Å². The van der Waals surface area contributed by atoms with Crippen LogP contribution >= 0.6 is 11.6 Å². The van der Waals surface area contributed by atoms with E-state index in [-0.39, 0.29) is 23.2 Å². The minimum atomic E-state index is -3.59. The van der Waals surface area contributed by atoms with Crippen molar-refractivity contribution >= 4 is 50.5 Å². The number of anilines is 3. The lowest BCUT2D eigenvalue weighted by Gasteiger charge is -2.36. The Bertz CT molecular complexity index is 1530. The summed E-state index contributed by atoms with van der Waals surface area (Å²) in [7, 11) is -1.45. The fraction of sp³-hybridized carbons (Fsp3) is 0.519. The third-order valence-electron chi connectivity index (χ3n) is 8.03. The molecular formula is C27H35ClN8O3S. The largest absolute Gasteiger partial charge is 0.356 e. The van der Waals surface area contributed by atoms with E-state index in [1.54, 1.807) is 11.0 Å². The van der Waals surface area contributed by atoms with Crippen molar-refractivity contribution in [3.05, 3.63) is 46.6 Å². The van der Waals surface area contributed by atoms with Crippen molar-refractivity contribution in [3.63, 3.8) is 0 Å². The molecule has 3 aliphatic heterocycles. The van der Waals surface area contributed by atoms with E-state index < -0.39 is 10.0 Å². The predicted octanol–water partition coefficient (Wildman–Crippen LogP) is 3.08. The average molecular weight is 587 g/mol. The molecular weight excluding hydrogens is 552 g/mol. The number of benzene rings is 1. The van der Waals surface area contributed by atoms with Gasteiger partial charge in [0.2, 0.25) is 10.0 Å². The van der Waals surface area contributed by atoms with Gasteiger partial charge >= 0.3 is 0 Å². The van der Waals surface area contributed by atoms with Crippen LogP contribution in [0.4, 0.5) is 17.3 Å². The number of likely N-dealkylation sites (tertiary alicyclic amines) is 1. The van der Waals surface area contributed by atoms with Gasteiger partial charge < -0.3 is 19.6 Å². The van der Waals surface area contributed by atoms with Crippen LogP contribution in [0.2, 0.25) is 5.02 Å². The Morgan fingerprint density at radius 3 is 2.45 bits per heavy atom. The van der Waals surface area contributed by atoms with E-state index in [2.05, 4.69) is 32.5 Å². The lowest BCUT2D eigenvalue weighted by molar-refractivity contribution is 0.0607. The number of hydrogen-bond donors (Lipinski definition) is 1. The first-order chi connectivity index (χ1) is 19.2. The number of fused-ring (bicyclic) bond motifs is 1. The van der Waals surface area contributed by atoms with Crippen LogP contribution in [-0.4, -0.2) is 97.8 Å². The van der Waals surface area contributed by atoms with Crippen molar-refractivity contribution in [2.75, 3.05) is 73.6 Å². The number of carbonyl (C=O) groups is 1. The Balaban J connectivity index is 1.38. The maximum Gasteiger partial charge on any atom is 0.256 e. The number of hydrogen-bond acceptors (Lipinski definition) is 8. The van der Waals surface area contributed by atoms with Crippen LogP contribution in [0, 0.1) is 0 Å². The van der Waals surface area contributed by atoms with E-state index in [4.69, 9.17) is 21.7 Å². The molecule has 3 aliphatic rings. The molecule has 1 atom stereocenters. The van der Waals surface area contributed by atoms with Crippen molar-refractivity contribution in [3.8, 4) is 0 Å². The van der Waals surface area contributed by atoms with Gasteiger partial charge in [-0.15, -0.1) is 0 Å². The summed E-state index contributed by atoms with van der Waals surface area (Å²) in [5.74, 6) is 1.71. The lowest BCUT2D eigenvalue weighted by Crippen LogP contribution is -2.45. The maximum atomic E-state index is 14.0. The first-order valence-corrected chi connectivity index (χ1v) is 16.1. The quantitative estimate of drug-likeness (QED) is 0.470. The highest BCUT2D eigenvalue weighted by Crippen LogP contribution is 2.35. The minimum absolute atomic E-state index is 0.217. The van der Waals surface area contributed by atoms with Crippen LogP contribution < -0.4 is 14.5 Å². The zero-order valence-electron chi connectivity index (χ0n) is 22.9. The highest BCUT2D eigenvalue weighted by molar-refractivity contribution is 7.92. The molecule has 6 rings (SSSR count). The molecule has 40 heavy (non-hydrogen) atoms. The van der Waals surface area contributed by atoms with E-state index in [1.165, 1.54) is 18.6 Å². The first kappa shape index (κ1) is 27.1. The van der Waals surface area contributed by atoms with Gasteiger partial charge in [-0.25, -0.2) is 13.4 Å². The van der Waals surface area contributed by atoms with E-state index in [0.717, 1.165) is 87.8 Å². The molecule has 11 nitrogen and oxygen atoms in total. The van der Waals surface area contributed by atoms with Crippen molar-refractivity contribution in [2.45, 2.75) is 31.7 Å². The summed E-state index contributed by atoms with van der Waals surface area (Å²) in [6, 6.07) is 8.52. The number of rotatable bonds is 6. The van der Waals surface area contributed by atoms with E-state index in [0.29, 0.717) is 11.6 Å². The zero-order valence-corrected chi connectivity index (χ0v) is 24.5. The number of amides is 1. The molecule has 3 aromatic rings. The predicted molar refractivity (Wildman–Crippen MR) is 157 cm³/mol. The second-order valence-corrected chi connectivity index (χ2v) is 13.2. The molecule has 3 saturated heterocycles. The summed E-state index contributed by atoms with van der Waals surface area (Å²) in [5.41, 5.74) is 2.00. The number of sulfonamides is 1. The van der Waals surface area contributed by atoms with Crippen molar-refractivity contribution < 1.29 is 13.2 Å². The van der Waals surface area contributed by atoms with Gasteiger partial charge in [-0.3, -0.25) is 9.52 Å². The summed E-state index contributed by atoms with van der Waals surface area (Å²) in [6.45, 7) is 6.31. The van der Waals surface area contributed by atoms with E-state index in [9.17, 15) is 13.2 Å². The molecule has 0 saturated carbocycles. The summed E-state index contributed by atoms with van der Waals surface area (Å²) in [5, 5.41) is 5.41. The summed E-state index contributed by atoms with van der Waals surface area (Å²) < 4.78 is 28.4. The summed E-state index contributed by atoms with van der Waals surface area (Å²) in [6.07, 6.45) is 4.81. The topological polar surface area (TPSA) is 106 Å². The molecule has 0 bridgehead atoms. The van der Waals surface area contributed by atoms with Crippen LogP contribution in [0.15, 0.2) is 30.3 Å². The Hall–Kier alpha value is -3.09. The molecule has 1 amide bonds. The molecule has 0 aliphatic carbocycles. The number of halogens is 1. The van der Waals surface area contributed by atoms with Crippen LogP contribution in [0.5, 0.6) is 0 Å². The molecule has 0 unspecified atom stereocenters. The Morgan fingerprint density at radius 2 is 1.75 bits per heavy atom. The van der Waals surface area contributed by atoms with Gasteiger partial charge in [0.05, 0.1) is 29.2 Å². The third-order valence-corrected chi connectivity index (χ3v) is 8.86.